The van der Waals surface area contributed by atoms with Crippen LogP contribution in [0.3, 0.4) is 0 Å². The molecule has 0 spiro atoms. The first-order chi connectivity index (χ1) is 12.3. The van der Waals surface area contributed by atoms with E-state index in [0.29, 0.717) is 23.4 Å². The summed E-state index contributed by atoms with van der Waals surface area (Å²) in [6.07, 6.45) is 0. The molecule has 2 heterocycles. The van der Waals surface area contributed by atoms with Gasteiger partial charge in [-0.05, 0) is 36.2 Å². The predicted molar refractivity (Wildman–Crippen MR) is 91.4 cm³/mol. The maximum atomic E-state index is 12.5. The number of benzene rings is 2. The van der Waals surface area contributed by atoms with E-state index in [1.807, 2.05) is 18.2 Å². The van der Waals surface area contributed by atoms with Crippen molar-refractivity contribution >= 4 is 23.5 Å². The van der Waals surface area contributed by atoms with Crippen LogP contribution in [0.4, 0.5) is 5.69 Å². The molecule has 0 aliphatic carbocycles. The zero-order valence-electron chi connectivity index (χ0n) is 13.9. The fraction of sp³-hybridized carbons (Fsp3) is 0.211. The molecule has 0 saturated carbocycles. The molecule has 2 atom stereocenters. The van der Waals surface area contributed by atoms with Gasteiger partial charge in [-0.1, -0.05) is 30.3 Å². The lowest BCUT2D eigenvalue weighted by molar-refractivity contribution is -0.147. The van der Waals surface area contributed by atoms with Crippen molar-refractivity contribution in [2.45, 2.75) is 24.7 Å². The fourth-order valence-corrected chi connectivity index (χ4v) is 3.60. The minimum Gasteiger partial charge on any atom is -0.479 e. The second-order valence-electron chi connectivity index (χ2n) is 6.58. The smallest absolute Gasteiger partial charge is 0.349 e. The molecule has 2 aliphatic rings. The van der Waals surface area contributed by atoms with E-state index >= 15 is 0 Å². The number of carboxylic acids is 1. The number of carbonyl (C=O) groups is 3. The lowest BCUT2D eigenvalue weighted by Gasteiger charge is -2.17. The first-order valence-electron chi connectivity index (χ1n) is 8.05. The van der Waals surface area contributed by atoms with Gasteiger partial charge in [0.05, 0.1) is 6.54 Å². The number of rotatable bonds is 4. The van der Waals surface area contributed by atoms with Gasteiger partial charge in [0.1, 0.15) is 5.60 Å². The highest BCUT2D eigenvalue weighted by atomic mass is 16.7. The summed E-state index contributed by atoms with van der Waals surface area (Å²) in [4.78, 5) is 37.3. The maximum absolute atomic E-state index is 12.5. The van der Waals surface area contributed by atoms with Crippen molar-refractivity contribution in [2.24, 2.45) is 5.73 Å². The number of epoxide rings is 1. The van der Waals surface area contributed by atoms with Gasteiger partial charge in [0.25, 0.3) is 17.4 Å². The summed E-state index contributed by atoms with van der Waals surface area (Å²) >= 11 is 0. The average Bonchev–Trinajstić information content (AvgIpc) is 3.17. The number of carbonyl (C=O) groups excluding carboxylic acids is 2. The number of primary amides is 1. The number of hydrogen-bond acceptors (Lipinski definition) is 4. The number of aliphatic carboxylic acids is 1. The van der Waals surface area contributed by atoms with E-state index in [1.165, 1.54) is 6.92 Å². The molecule has 4 rings (SSSR count). The van der Waals surface area contributed by atoms with E-state index in [0.717, 1.165) is 5.56 Å². The van der Waals surface area contributed by atoms with Gasteiger partial charge in [0.2, 0.25) is 0 Å². The second kappa shape index (κ2) is 5.15. The Morgan fingerprint density at radius 3 is 2.35 bits per heavy atom. The molecular weight excluding hydrogens is 336 g/mol. The molecule has 3 N–H and O–H groups in total. The number of amides is 2. The third kappa shape index (κ3) is 1.94. The Kier molecular flexibility index (Phi) is 3.23. The quantitative estimate of drug-likeness (QED) is 0.638. The van der Waals surface area contributed by atoms with Crippen LogP contribution in [0.25, 0.3) is 0 Å². The van der Waals surface area contributed by atoms with Crippen LogP contribution < -0.4 is 10.6 Å². The third-order valence-corrected chi connectivity index (χ3v) is 5.19. The van der Waals surface area contributed by atoms with Crippen molar-refractivity contribution in [3.63, 3.8) is 0 Å². The molecule has 26 heavy (non-hydrogen) atoms. The van der Waals surface area contributed by atoms with E-state index in [1.54, 1.807) is 35.2 Å². The first kappa shape index (κ1) is 16.3. The van der Waals surface area contributed by atoms with Crippen LogP contribution in [0.1, 0.15) is 28.4 Å². The van der Waals surface area contributed by atoms with Gasteiger partial charge in [-0.15, -0.1) is 0 Å². The molecule has 1 fully saturated rings. The van der Waals surface area contributed by atoms with Gasteiger partial charge < -0.3 is 20.5 Å². The van der Waals surface area contributed by atoms with Crippen LogP contribution in [0, 0.1) is 0 Å². The van der Waals surface area contributed by atoms with Crippen LogP contribution in [0.2, 0.25) is 0 Å². The van der Waals surface area contributed by atoms with E-state index in [2.05, 4.69) is 0 Å². The molecule has 0 aromatic heterocycles. The lowest BCUT2D eigenvalue weighted by Crippen LogP contribution is -2.44. The van der Waals surface area contributed by atoms with Crippen molar-refractivity contribution in [1.29, 1.82) is 0 Å². The molecule has 132 valence electrons. The van der Waals surface area contributed by atoms with E-state index in [-0.39, 0.29) is 5.91 Å². The SMILES string of the molecule is CC1(c2ccc(N3Cc4ccccc4C3=O)cc2)OC1(C(N)=O)C(=O)O. The Balaban J connectivity index is 1.63. The number of ether oxygens (including phenoxy) is 1. The molecular formula is C19H16N2O5. The van der Waals surface area contributed by atoms with Crippen LogP contribution in [0.5, 0.6) is 0 Å². The third-order valence-electron chi connectivity index (χ3n) is 5.19. The highest BCUT2D eigenvalue weighted by molar-refractivity contribution is 6.10. The average molecular weight is 352 g/mol. The number of fused-ring (bicyclic) bond motifs is 1. The van der Waals surface area contributed by atoms with E-state index in [4.69, 9.17) is 10.5 Å². The molecule has 2 aliphatic heterocycles. The van der Waals surface area contributed by atoms with Crippen LogP contribution in [-0.2, 0) is 26.5 Å². The summed E-state index contributed by atoms with van der Waals surface area (Å²) in [5, 5.41) is 9.35. The number of hydrogen-bond donors (Lipinski definition) is 2. The normalized spacial score (nSPS) is 26.5. The van der Waals surface area contributed by atoms with Gasteiger partial charge in [-0.2, -0.15) is 0 Å². The second-order valence-corrected chi connectivity index (χ2v) is 6.58. The summed E-state index contributed by atoms with van der Waals surface area (Å²) < 4.78 is 5.28. The summed E-state index contributed by atoms with van der Waals surface area (Å²) in [6, 6.07) is 14.1. The Hall–Kier alpha value is -3.19. The Morgan fingerprint density at radius 1 is 1.15 bits per heavy atom. The number of nitrogens with two attached hydrogens (primary N) is 1. The molecule has 0 bridgehead atoms. The Bertz CT molecular complexity index is 939. The standard InChI is InChI=1S/C19H16N2O5/c1-18(19(26-18,16(20)23)17(24)25)12-6-8-13(9-7-12)21-10-11-4-2-3-5-14(11)15(21)22/h2-9H,10H2,1H3,(H2,20,23)(H,24,25). The zero-order valence-corrected chi connectivity index (χ0v) is 13.9. The van der Waals surface area contributed by atoms with Gasteiger partial charge >= 0.3 is 5.97 Å². The molecule has 2 amide bonds. The first-order valence-corrected chi connectivity index (χ1v) is 8.05. The summed E-state index contributed by atoms with van der Waals surface area (Å²) in [7, 11) is 0. The molecule has 2 unspecified atom stereocenters. The van der Waals surface area contributed by atoms with Crippen molar-refractivity contribution in [1.82, 2.24) is 0 Å². The highest BCUT2D eigenvalue weighted by Crippen LogP contribution is 2.55. The minimum absolute atomic E-state index is 0.0840. The van der Waals surface area contributed by atoms with Gasteiger partial charge in [0.15, 0.2) is 0 Å². The number of carboxylic acid groups (broad SMARTS) is 1. The van der Waals surface area contributed by atoms with E-state index in [9.17, 15) is 19.5 Å². The largest absolute Gasteiger partial charge is 0.479 e. The molecule has 7 heteroatoms. The van der Waals surface area contributed by atoms with Crippen molar-refractivity contribution in [3.8, 4) is 0 Å². The number of anilines is 1. The molecule has 2 aromatic rings. The van der Waals surface area contributed by atoms with Crippen molar-refractivity contribution in [3.05, 3.63) is 65.2 Å². The molecule has 1 saturated heterocycles. The lowest BCUT2D eigenvalue weighted by atomic mass is 9.87. The minimum atomic E-state index is -2.06. The zero-order chi connectivity index (χ0) is 18.7. The van der Waals surface area contributed by atoms with Gasteiger partial charge in [-0.3, -0.25) is 9.59 Å². The van der Waals surface area contributed by atoms with Crippen LogP contribution in [0.15, 0.2) is 48.5 Å². The van der Waals surface area contributed by atoms with Crippen LogP contribution >= 0.6 is 0 Å². The fourth-order valence-electron chi connectivity index (χ4n) is 3.60. The molecule has 2 aromatic carbocycles. The van der Waals surface area contributed by atoms with E-state index < -0.39 is 23.1 Å². The van der Waals surface area contributed by atoms with Gasteiger partial charge in [0, 0.05) is 11.3 Å². The molecule has 7 nitrogen and oxygen atoms in total. The summed E-state index contributed by atoms with van der Waals surface area (Å²) in [5.74, 6) is -2.54. The van der Waals surface area contributed by atoms with Crippen LogP contribution in [-0.4, -0.2) is 28.5 Å². The van der Waals surface area contributed by atoms with Crippen molar-refractivity contribution in [2.75, 3.05) is 4.90 Å². The predicted octanol–water partition coefficient (Wildman–Crippen LogP) is 1.40. The molecule has 0 radical (unpaired) electrons. The summed E-state index contributed by atoms with van der Waals surface area (Å²) in [5.41, 5.74) is 4.67. The number of nitrogens with zero attached hydrogens (tertiary/aromatic N) is 1. The Morgan fingerprint density at radius 2 is 1.81 bits per heavy atom. The highest BCUT2D eigenvalue weighted by Gasteiger charge is 2.77. The maximum Gasteiger partial charge on any atom is 0.349 e. The van der Waals surface area contributed by atoms with Gasteiger partial charge in [-0.25, -0.2) is 4.79 Å². The van der Waals surface area contributed by atoms with Crippen molar-refractivity contribution < 1.29 is 24.2 Å². The Labute approximate surface area is 149 Å². The summed E-state index contributed by atoms with van der Waals surface area (Å²) in [6.45, 7) is 1.99. The topological polar surface area (TPSA) is 113 Å². The monoisotopic (exact) mass is 352 g/mol.